The minimum atomic E-state index is -0.897. The van der Waals surface area contributed by atoms with Gasteiger partial charge < -0.3 is 9.84 Å². The Kier molecular flexibility index (Phi) is 5.42. The van der Waals surface area contributed by atoms with E-state index in [-0.39, 0.29) is 30.0 Å². The van der Waals surface area contributed by atoms with Crippen LogP contribution in [0.3, 0.4) is 0 Å². The van der Waals surface area contributed by atoms with Gasteiger partial charge in [0.15, 0.2) is 0 Å². The molecule has 1 aromatic carbocycles. The molecule has 2 aromatic rings. The number of carbonyl (C=O) groups excluding carboxylic acids is 1. The van der Waals surface area contributed by atoms with Gasteiger partial charge in [-0.2, -0.15) is 0 Å². The van der Waals surface area contributed by atoms with Crippen LogP contribution in [0, 0.1) is 12.8 Å². The van der Waals surface area contributed by atoms with Crippen LogP contribution >= 0.6 is 11.6 Å². The van der Waals surface area contributed by atoms with Crippen molar-refractivity contribution in [2.75, 3.05) is 7.11 Å². The third-order valence-electron chi connectivity index (χ3n) is 4.98. The molecule has 0 bridgehead atoms. The van der Waals surface area contributed by atoms with Crippen LogP contribution in [-0.4, -0.2) is 34.0 Å². The van der Waals surface area contributed by atoms with E-state index in [1.807, 2.05) is 38.1 Å². The van der Waals surface area contributed by atoms with Crippen molar-refractivity contribution in [3.8, 4) is 5.75 Å². The van der Waals surface area contributed by atoms with E-state index in [2.05, 4.69) is 0 Å². The van der Waals surface area contributed by atoms with Crippen LogP contribution < -0.4 is 4.74 Å². The number of hydrogen-bond donors (Lipinski definition) is 1. The molecule has 6 heteroatoms. The molecule has 0 radical (unpaired) electrons. The fourth-order valence-electron chi connectivity index (χ4n) is 3.44. The highest BCUT2D eigenvalue weighted by atomic mass is 35.5. The van der Waals surface area contributed by atoms with Crippen molar-refractivity contribution >= 4 is 34.4 Å². The first kappa shape index (κ1) is 19.2. The molecule has 2 unspecified atom stereocenters. The van der Waals surface area contributed by atoms with Crippen molar-refractivity contribution in [2.24, 2.45) is 5.92 Å². The van der Waals surface area contributed by atoms with Crippen LogP contribution in [0.15, 0.2) is 42.0 Å². The minimum Gasteiger partial charge on any atom is -0.497 e. The van der Waals surface area contributed by atoms with E-state index >= 15 is 0 Å². The molecule has 0 fully saturated rings. The van der Waals surface area contributed by atoms with Gasteiger partial charge in [0.1, 0.15) is 5.75 Å². The number of aliphatic carboxylic acids is 1. The Bertz CT molecular complexity index is 970. The summed E-state index contributed by atoms with van der Waals surface area (Å²) in [7, 11) is 1.59. The minimum absolute atomic E-state index is 0.0427. The third-order valence-corrected chi connectivity index (χ3v) is 5.52. The number of carboxylic acid groups (broad SMARTS) is 1. The summed E-state index contributed by atoms with van der Waals surface area (Å²) in [6.07, 6.45) is 5.65. The number of ether oxygens (including phenoxy) is 1. The number of nitrogens with zero attached hydrogens (tertiary/aromatic N) is 1. The molecular weight excluding hydrogens is 366 g/mol. The summed E-state index contributed by atoms with van der Waals surface area (Å²) in [5.41, 5.74) is 2.90. The standard InChI is InChI=1S/C21H22ClNO4/c1-12-10-14(4-6-17(12)22)21(26)23-18(8-9-20(24)25)13(2)16-11-15(27-3)5-7-19(16)23/h4-7,10-12,17H,8-9H2,1-3H3,(H,24,25). The zero-order valence-corrected chi connectivity index (χ0v) is 16.3. The van der Waals surface area contributed by atoms with Crippen LogP contribution in [0.5, 0.6) is 5.75 Å². The van der Waals surface area contributed by atoms with Crippen LogP contribution in [0.25, 0.3) is 10.9 Å². The largest absolute Gasteiger partial charge is 0.497 e. The highest BCUT2D eigenvalue weighted by molar-refractivity contribution is 6.22. The summed E-state index contributed by atoms with van der Waals surface area (Å²) in [5.74, 6) is -0.339. The molecular formula is C21H22ClNO4. The summed E-state index contributed by atoms with van der Waals surface area (Å²) in [6.45, 7) is 3.87. The van der Waals surface area contributed by atoms with Crippen LogP contribution in [0.2, 0.25) is 0 Å². The number of carbonyl (C=O) groups is 2. The Morgan fingerprint density at radius 2 is 2.07 bits per heavy atom. The maximum Gasteiger partial charge on any atom is 0.303 e. The lowest BCUT2D eigenvalue weighted by Gasteiger charge is -2.18. The van der Waals surface area contributed by atoms with Crippen molar-refractivity contribution < 1.29 is 19.4 Å². The summed E-state index contributed by atoms with van der Waals surface area (Å²) >= 11 is 6.20. The number of aryl methyl sites for hydroxylation is 1. The summed E-state index contributed by atoms with van der Waals surface area (Å²) < 4.78 is 6.93. The first-order chi connectivity index (χ1) is 12.8. The predicted molar refractivity (Wildman–Crippen MR) is 106 cm³/mol. The number of allylic oxidation sites excluding steroid dienone is 4. The number of fused-ring (bicyclic) bond motifs is 1. The van der Waals surface area contributed by atoms with E-state index in [0.29, 0.717) is 17.0 Å². The van der Waals surface area contributed by atoms with Gasteiger partial charge in [0.05, 0.1) is 24.4 Å². The number of halogens is 1. The number of rotatable bonds is 5. The van der Waals surface area contributed by atoms with Crippen LogP contribution in [0.1, 0.15) is 29.4 Å². The number of hydrogen-bond acceptors (Lipinski definition) is 3. The number of benzene rings is 1. The van der Waals surface area contributed by atoms with Gasteiger partial charge in [-0.15, -0.1) is 11.6 Å². The molecule has 0 saturated heterocycles. The third kappa shape index (κ3) is 3.65. The van der Waals surface area contributed by atoms with Crippen molar-refractivity contribution in [3.05, 3.63) is 53.3 Å². The highest BCUT2D eigenvalue weighted by Crippen LogP contribution is 2.32. The Balaban J connectivity index is 2.16. The molecule has 3 rings (SSSR count). The van der Waals surface area contributed by atoms with Gasteiger partial charge in [0.25, 0.3) is 5.91 Å². The van der Waals surface area contributed by atoms with Crippen molar-refractivity contribution in [1.29, 1.82) is 0 Å². The van der Waals surface area contributed by atoms with Crippen molar-refractivity contribution in [2.45, 2.75) is 32.1 Å². The lowest BCUT2D eigenvalue weighted by molar-refractivity contribution is -0.137. The molecule has 1 N–H and O–H groups in total. The quantitative estimate of drug-likeness (QED) is 0.774. The van der Waals surface area contributed by atoms with E-state index in [0.717, 1.165) is 16.5 Å². The molecule has 1 aliphatic carbocycles. The first-order valence-corrected chi connectivity index (χ1v) is 9.25. The molecule has 0 aliphatic heterocycles. The zero-order chi connectivity index (χ0) is 19.7. The van der Waals surface area contributed by atoms with E-state index in [4.69, 9.17) is 21.4 Å². The smallest absolute Gasteiger partial charge is 0.303 e. The Morgan fingerprint density at radius 3 is 2.70 bits per heavy atom. The van der Waals surface area contributed by atoms with Gasteiger partial charge in [-0.25, -0.2) is 0 Å². The topological polar surface area (TPSA) is 68.5 Å². The normalized spacial score (nSPS) is 19.2. The van der Waals surface area contributed by atoms with Gasteiger partial charge in [0, 0.05) is 16.7 Å². The molecule has 142 valence electrons. The average Bonchev–Trinajstić information content (AvgIpc) is 2.93. The monoisotopic (exact) mass is 387 g/mol. The Hall–Kier alpha value is -2.53. The first-order valence-electron chi connectivity index (χ1n) is 8.82. The molecule has 2 atom stereocenters. The highest BCUT2D eigenvalue weighted by Gasteiger charge is 2.24. The van der Waals surface area contributed by atoms with E-state index < -0.39 is 5.97 Å². The fourth-order valence-corrected chi connectivity index (χ4v) is 3.58. The summed E-state index contributed by atoms with van der Waals surface area (Å²) in [5, 5.41) is 9.86. The van der Waals surface area contributed by atoms with Gasteiger partial charge in [-0.1, -0.05) is 25.2 Å². The van der Waals surface area contributed by atoms with Crippen molar-refractivity contribution in [3.63, 3.8) is 0 Å². The molecule has 0 spiro atoms. The van der Waals surface area contributed by atoms with Gasteiger partial charge in [-0.3, -0.25) is 14.2 Å². The van der Waals surface area contributed by atoms with E-state index in [1.54, 1.807) is 23.8 Å². The van der Waals surface area contributed by atoms with Gasteiger partial charge in [-0.05, 0) is 43.0 Å². The van der Waals surface area contributed by atoms with Crippen molar-refractivity contribution in [1.82, 2.24) is 4.57 Å². The summed E-state index contributed by atoms with van der Waals surface area (Å²) in [4.78, 5) is 24.4. The molecule has 1 aliphatic rings. The Labute approximate surface area is 162 Å². The van der Waals surface area contributed by atoms with Crippen LogP contribution in [0.4, 0.5) is 0 Å². The predicted octanol–water partition coefficient (Wildman–Crippen LogP) is 4.36. The van der Waals surface area contributed by atoms with Crippen LogP contribution in [-0.2, 0) is 11.2 Å². The number of carboxylic acids is 1. The maximum absolute atomic E-state index is 13.3. The maximum atomic E-state index is 13.3. The number of alkyl halides is 1. The lowest BCUT2D eigenvalue weighted by Crippen LogP contribution is -2.20. The lowest BCUT2D eigenvalue weighted by atomic mass is 9.97. The molecule has 1 heterocycles. The molecule has 0 amide bonds. The molecule has 27 heavy (non-hydrogen) atoms. The SMILES string of the molecule is COc1ccc2c(c1)c(C)c(CCC(=O)O)n2C(=O)C1=CC(C)C(Cl)C=C1. The van der Waals surface area contributed by atoms with E-state index in [1.165, 1.54) is 0 Å². The van der Waals surface area contributed by atoms with Gasteiger partial charge >= 0.3 is 5.97 Å². The second kappa shape index (κ2) is 7.61. The van der Waals surface area contributed by atoms with E-state index in [9.17, 15) is 9.59 Å². The second-order valence-corrected chi connectivity index (χ2v) is 7.28. The number of aromatic nitrogens is 1. The molecule has 1 aromatic heterocycles. The molecule has 0 saturated carbocycles. The Morgan fingerprint density at radius 1 is 1.33 bits per heavy atom. The molecule has 5 nitrogen and oxygen atoms in total. The average molecular weight is 388 g/mol. The zero-order valence-electron chi connectivity index (χ0n) is 15.5. The van der Waals surface area contributed by atoms with Gasteiger partial charge in [0.2, 0.25) is 0 Å². The summed E-state index contributed by atoms with van der Waals surface area (Å²) in [6, 6.07) is 5.51. The fraction of sp³-hybridized carbons (Fsp3) is 0.333. The second-order valence-electron chi connectivity index (χ2n) is 6.77. The number of methoxy groups -OCH3 is 1.